The molecule has 1 unspecified atom stereocenters. The van der Waals surface area contributed by atoms with E-state index in [0.29, 0.717) is 21.7 Å². The number of benzene rings is 2. The summed E-state index contributed by atoms with van der Waals surface area (Å²) < 4.78 is 10.9. The van der Waals surface area contributed by atoms with Crippen LogP contribution in [0.2, 0.25) is 0 Å². The number of methoxy groups -OCH3 is 1. The number of hydrogen-bond donors (Lipinski definition) is 2. The van der Waals surface area contributed by atoms with E-state index in [0.717, 1.165) is 0 Å². The highest BCUT2D eigenvalue weighted by Gasteiger charge is 2.47. The zero-order chi connectivity index (χ0) is 19.6. The Labute approximate surface area is 155 Å². The first-order valence-electron chi connectivity index (χ1n) is 8.28. The van der Waals surface area contributed by atoms with Crippen molar-refractivity contribution in [2.24, 2.45) is 10.7 Å². The van der Waals surface area contributed by atoms with Gasteiger partial charge in [-0.1, -0.05) is 30.3 Å². The molecule has 3 N–H and O–H groups in total. The number of rotatable bonds is 5. The van der Waals surface area contributed by atoms with E-state index >= 15 is 0 Å². The van der Waals surface area contributed by atoms with E-state index in [1.54, 1.807) is 43.3 Å². The Hall–Kier alpha value is -3.48. The molecule has 0 aromatic heterocycles. The monoisotopic (exact) mass is 365 g/mol. The molecule has 1 atom stereocenters. The molecule has 138 valence electrons. The molecule has 1 heterocycles. The Kier molecular flexibility index (Phi) is 4.77. The highest BCUT2D eigenvalue weighted by molar-refractivity contribution is 6.02. The Bertz CT molecular complexity index is 1060. The van der Waals surface area contributed by atoms with Crippen molar-refractivity contribution >= 4 is 23.3 Å². The van der Waals surface area contributed by atoms with E-state index in [4.69, 9.17) is 20.6 Å². The van der Waals surface area contributed by atoms with E-state index in [-0.39, 0.29) is 18.0 Å². The zero-order valence-corrected chi connectivity index (χ0v) is 15.0. The number of carbonyl (C=O) groups is 2. The van der Waals surface area contributed by atoms with Crippen LogP contribution in [0.15, 0.2) is 53.5 Å². The Morgan fingerprint density at radius 2 is 1.85 bits per heavy atom. The molecule has 0 bridgehead atoms. The molecule has 0 radical (unpaired) electrons. The number of nitrogens with one attached hydrogen (secondary N) is 1. The number of para-hydroxylation sites is 2. The van der Waals surface area contributed by atoms with Crippen LogP contribution in [0.3, 0.4) is 0 Å². The standard InChI is InChI=1S/C20H19N3O4/c1-12-13-7-3-5-9-15(13)23-19(25)20(12,11-17(24)26-2)27-16-10-6-4-8-14(16)18(21)22/h3-10H,11H2,1-2H3,(H3,21,22). The maximum absolute atomic E-state index is 13.0. The smallest absolute Gasteiger partial charge is 0.310 e. The molecule has 1 aliphatic rings. The van der Waals surface area contributed by atoms with Gasteiger partial charge in [-0.25, -0.2) is 4.99 Å². The van der Waals surface area contributed by atoms with Gasteiger partial charge in [0.1, 0.15) is 11.6 Å². The van der Waals surface area contributed by atoms with E-state index in [9.17, 15) is 9.59 Å². The van der Waals surface area contributed by atoms with Crippen LogP contribution >= 0.6 is 0 Å². The number of esters is 1. The highest BCUT2D eigenvalue weighted by Crippen LogP contribution is 2.33. The van der Waals surface area contributed by atoms with Crippen LogP contribution in [0.5, 0.6) is 5.75 Å². The largest absolute Gasteiger partial charge is 0.471 e. The van der Waals surface area contributed by atoms with Crippen LogP contribution < -0.4 is 21.0 Å². The first-order chi connectivity index (χ1) is 12.9. The quantitative estimate of drug-likeness (QED) is 0.459. The summed E-state index contributed by atoms with van der Waals surface area (Å²) in [7, 11) is 1.24. The lowest BCUT2D eigenvalue weighted by atomic mass is 9.86. The summed E-state index contributed by atoms with van der Waals surface area (Å²) in [6.45, 7) is 1.73. The number of amidine groups is 1. The molecule has 7 heteroatoms. The predicted molar refractivity (Wildman–Crippen MR) is 98.8 cm³/mol. The maximum atomic E-state index is 13.0. The lowest BCUT2D eigenvalue weighted by Crippen LogP contribution is -2.54. The van der Waals surface area contributed by atoms with Crippen LogP contribution in [0.4, 0.5) is 0 Å². The third kappa shape index (κ3) is 3.19. The third-order valence-corrected chi connectivity index (χ3v) is 4.56. The lowest BCUT2D eigenvalue weighted by Gasteiger charge is -2.33. The molecule has 2 aromatic carbocycles. The fourth-order valence-electron chi connectivity index (χ4n) is 3.07. The van der Waals surface area contributed by atoms with Crippen molar-refractivity contribution in [3.63, 3.8) is 0 Å². The van der Waals surface area contributed by atoms with Crippen LogP contribution in [0.1, 0.15) is 18.9 Å². The van der Waals surface area contributed by atoms with E-state index < -0.39 is 17.5 Å². The molecule has 3 rings (SSSR count). The minimum atomic E-state index is -1.67. The Morgan fingerprint density at radius 1 is 1.19 bits per heavy atom. The van der Waals surface area contributed by atoms with Gasteiger partial charge in [0, 0.05) is 5.22 Å². The van der Waals surface area contributed by atoms with Crippen molar-refractivity contribution < 1.29 is 19.1 Å². The summed E-state index contributed by atoms with van der Waals surface area (Å²) in [6, 6.07) is 13.7. The van der Waals surface area contributed by atoms with Gasteiger partial charge in [-0.05, 0) is 30.7 Å². The molecule has 0 aliphatic carbocycles. The van der Waals surface area contributed by atoms with Crippen molar-refractivity contribution in [1.82, 2.24) is 0 Å². The number of nitrogens with two attached hydrogens (primary N) is 1. The second-order valence-electron chi connectivity index (χ2n) is 6.15. The van der Waals surface area contributed by atoms with Gasteiger partial charge < -0.3 is 15.2 Å². The second-order valence-corrected chi connectivity index (χ2v) is 6.15. The van der Waals surface area contributed by atoms with E-state index in [1.807, 2.05) is 12.1 Å². The van der Waals surface area contributed by atoms with Crippen molar-refractivity contribution in [3.05, 3.63) is 64.7 Å². The average Bonchev–Trinajstić information content (AvgIpc) is 2.66. The molecular weight excluding hydrogens is 346 g/mol. The number of fused-ring (bicyclic) bond motifs is 1. The summed E-state index contributed by atoms with van der Waals surface area (Å²) in [4.78, 5) is 29.3. The van der Waals surface area contributed by atoms with Gasteiger partial charge in [-0.15, -0.1) is 0 Å². The highest BCUT2D eigenvalue weighted by atomic mass is 16.5. The molecule has 0 spiro atoms. The van der Waals surface area contributed by atoms with Gasteiger partial charge in [-0.2, -0.15) is 0 Å². The Balaban J connectivity index is 2.24. The maximum Gasteiger partial charge on any atom is 0.310 e. The third-order valence-electron chi connectivity index (χ3n) is 4.56. The van der Waals surface area contributed by atoms with Gasteiger partial charge in [0.05, 0.1) is 24.5 Å². The number of nitrogen functional groups attached to an aromatic ring is 1. The molecule has 27 heavy (non-hydrogen) atoms. The summed E-state index contributed by atoms with van der Waals surface area (Å²) in [5, 5.41) is 8.97. The average molecular weight is 365 g/mol. The van der Waals surface area contributed by atoms with Crippen LogP contribution in [0, 0.1) is 5.41 Å². The number of nitrogens with zero attached hydrogens (tertiary/aromatic N) is 1. The zero-order valence-electron chi connectivity index (χ0n) is 15.0. The van der Waals surface area contributed by atoms with Crippen molar-refractivity contribution in [2.45, 2.75) is 18.9 Å². The van der Waals surface area contributed by atoms with Gasteiger partial charge in [-0.3, -0.25) is 15.0 Å². The number of carbonyl (C=O) groups excluding carboxylic acids is 2. The SMILES string of the molecule is COC(=O)CC1(Oc2ccccc2C(=N)N)C(=O)N=c2ccccc2=C1C. The molecule has 0 fully saturated rings. The van der Waals surface area contributed by atoms with E-state index in [1.165, 1.54) is 7.11 Å². The van der Waals surface area contributed by atoms with Crippen molar-refractivity contribution in [2.75, 3.05) is 7.11 Å². The van der Waals surface area contributed by atoms with Crippen LogP contribution in [-0.4, -0.2) is 30.4 Å². The van der Waals surface area contributed by atoms with Gasteiger partial charge in [0.25, 0.3) is 5.91 Å². The summed E-state index contributed by atoms with van der Waals surface area (Å²) >= 11 is 0. The predicted octanol–water partition coefficient (Wildman–Crippen LogP) is 0.682. The topological polar surface area (TPSA) is 115 Å². The summed E-state index contributed by atoms with van der Waals surface area (Å²) in [5.41, 5.74) is 4.82. The normalized spacial score (nSPS) is 18.3. The van der Waals surface area contributed by atoms with Crippen LogP contribution in [0.25, 0.3) is 5.57 Å². The minimum Gasteiger partial charge on any atom is -0.471 e. The summed E-state index contributed by atoms with van der Waals surface area (Å²) in [5.74, 6) is -1.21. The van der Waals surface area contributed by atoms with Crippen molar-refractivity contribution in [3.8, 4) is 5.75 Å². The second kappa shape index (κ2) is 7.03. The first-order valence-corrected chi connectivity index (χ1v) is 8.28. The minimum absolute atomic E-state index is 0.211. The number of amides is 1. The molecule has 1 amide bonds. The van der Waals surface area contributed by atoms with Gasteiger partial charge in [0.15, 0.2) is 0 Å². The molecule has 1 aliphatic heterocycles. The van der Waals surface area contributed by atoms with Gasteiger partial charge in [0.2, 0.25) is 5.60 Å². The fourth-order valence-corrected chi connectivity index (χ4v) is 3.07. The number of hydrogen-bond acceptors (Lipinski definition) is 5. The first kappa shape index (κ1) is 18.3. The molecule has 2 aromatic rings. The van der Waals surface area contributed by atoms with E-state index in [2.05, 4.69) is 4.99 Å². The molecular formula is C20H19N3O4. The fraction of sp³-hybridized carbons (Fsp3) is 0.200. The summed E-state index contributed by atoms with van der Waals surface area (Å²) in [6.07, 6.45) is -0.349. The molecule has 0 saturated heterocycles. The van der Waals surface area contributed by atoms with Crippen molar-refractivity contribution in [1.29, 1.82) is 5.41 Å². The van der Waals surface area contributed by atoms with Crippen LogP contribution in [-0.2, 0) is 14.3 Å². The number of ether oxygens (including phenoxy) is 2. The lowest BCUT2D eigenvalue weighted by molar-refractivity contribution is -0.148. The molecule has 7 nitrogen and oxygen atoms in total. The Morgan fingerprint density at radius 3 is 2.56 bits per heavy atom. The van der Waals surface area contributed by atoms with Gasteiger partial charge >= 0.3 is 5.97 Å². The molecule has 0 saturated carbocycles.